The molecule has 0 bridgehead atoms. The average Bonchev–Trinajstić information content (AvgIpc) is 3.68. The topological polar surface area (TPSA) is 3.24 Å². The summed E-state index contributed by atoms with van der Waals surface area (Å²) in [5.41, 5.74) is 8.27. The van der Waals surface area contributed by atoms with Crippen molar-refractivity contribution in [3.63, 3.8) is 0 Å². The number of hydrogen-bond acceptors (Lipinski definition) is 3. The lowest BCUT2D eigenvalue weighted by molar-refractivity contribution is 0.707. The SMILES string of the molecule is c1ccc(N(c2ccc3c(c2)C2(c4ccccc4Sc4ccccc42)c2ccccc2[Si]3(c2ccccc2)c2ccccc2)c2ccc3sc4ccccc4c3c2)cc1. The fourth-order valence-electron chi connectivity index (χ4n) is 10.4. The lowest BCUT2D eigenvalue weighted by atomic mass is 9.64. The number of benzene rings is 9. The van der Waals surface area contributed by atoms with E-state index in [0.717, 1.165) is 17.1 Å². The molecule has 3 heterocycles. The highest BCUT2D eigenvalue weighted by Gasteiger charge is 2.57. The van der Waals surface area contributed by atoms with Gasteiger partial charge >= 0.3 is 0 Å². The molecule has 4 heteroatoms. The minimum Gasteiger partial charge on any atom is -0.310 e. The van der Waals surface area contributed by atoms with Gasteiger partial charge < -0.3 is 4.90 Å². The summed E-state index contributed by atoms with van der Waals surface area (Å²) in [6, 6.07) is 84.9. The smallest absolute Gasteiger partial charge is 0.180 e. The Labute approximate surface area is 353 Å². The molecule has 59 heavy (non-hydrogen) atoms. The van der Waals surface area contributed by atoms with Gasteiger partial charge in [-0.15, -0.1) is 11.3 Å². The molecule has 0 unspecified atom stereocenters. The molecule has 12 rings (SSSR count). The molecule has 0 fully saturated rings. The predicted octanol–water partition coefficient (Wildman–Crippen LogP) is 12.1. The molecule has 1 nitrogen and oxygen atoms in total. The van der Waals surface area contributed by atoms with Crippen molar-refractivity contribution in [2.45, 2.75) is 15.2 Å². The molecule has 0 radical (unpaired) electrons. The van der Waals surface area contributed by atoms with Crippen LogP contribution >= 0.6 is 23.1 Å². The third-order valence-electron chi connectivity index (χ3n) is 12.7. The largest absolute Gasteiger partial charge is 0.310 e. The maximum atomic E-state index is 2.57. The van der Waals surface area contributed by atoms with Crippen molar-refractivity contribution in [2.75, 3.05) is 4.90 Å². The Kier molecular flexibility index (Phi) is 7.96. The van der Waals surface area contributed by atoms with Crippen molar-refractivity contribution in [3.8, 4) is 0 Å². The molecule has 0 N–H and O–H groups in total. The fraction of sp³-hybridized carbons (Fsp3) is 0.0182. The van der Waals surface area contributed by atoms with E-state index in [2.05, 4.69) is 229 Å². The van der Waals surface area contributed by atoms with Crippen LogP contribution in [0.25, 0.3) is 20.2 Å². The minimum absolute atomic E-state index is 0.573. The predicted molar refractivity (Wildman–Crippen MR) is 254 cm³/mol. The van der Waals surface area contributed by atoms with E-state index in [1.54, 1.807) is 0 Å². The van der Waals surface area contributed by atoms with Crippen LogP contribution in [-0.4, -0.2) is 8.07 Å². The Morgan fingerprint density at radius 2 is 0.864 bits per heavy atom. The number of nitrogens with zero attached hydrogens (tertiary/aromatic N) is 1. The summed E-state index contributed by atoms with van der Waals surface area (Å²) in [7, 11) is -2.93. The summed E-state index contributed by atoms with van der Waals surface area (Å²) in [5, 5.41) is 8.26. The van der Waals surface area contributed by atoms with E-state index in [4.69, 9.17) is 0 Å². The van der Waals surface area contributed by atoms with E-state index in [1.807, 2.05) is 23.1 Å². The average molecular weight is 804 g/mol. The zero-order valence-corrected chi connectivity index (χ0v) is 34.8. The van der Waals surface area contributed by atoms with Gasteiger partial charge in [0.2, 0.25) is 0 Å². The molecular formula is C55H37NS2Si. The zero-order chi connectivity index (χ0) is 39.0. The number of para-hydroxylation sites is 1. The van der Waals surface area contributed by atoms with Gasteiger partial charge in [-0.3, -0.25) is 0 Å². The summed E-state index contributed by atoms with van der Waals surface area (Å²) in [4.78, 5) is 5.09. The van der Waals surface area contributed by atoms with Crippen molar-refractivity contribution in [2.24, 2.45) is 0 Å². The second kappa shape index (κ2) is 13.6. The monoisotopic (exact) mass is 803 g/mol. The zero-order valence-electron chi connectivity index (χ0n) is 32.1. The maximum Gasteiger partial charge on any atom is 0.180 e. The third kappa shape index (κ3) is 4.98. The standard InChI is InChI=1S/C55H37NS2Si/c1-4-18-38(19-5-1)56(39-32-34-50-44(36-39)43-24-10-14-28-49(43)57-50)40-33-35-54-48(37-40)55(45-25-11-15-29-51(45)58-52-30-16-12-26-46(52)55)47-27-13-17-31-53(47)59(54,41-20-6-2-7-21-41)42-22-8-3-9-23-42/h1-37H. The van der Waals surface area contributed by atoms with Crippen molar-refractivity contribution in [1.82, 2.24) is 0 Å². The van der Waals surface area contributed by atoms with Gasteiger partial charge in [0.05, 0.1) is 5.41 Å². The van der Waals surface area contributed by atoms with Crippen LogP contribution in [0.1, 0.15) is 22.3 Å². The highest BCUT2D eigenvalue weighted by molar-refractivity contribution is 7.99. The second-order valence-corrected chi connectivity index (χ2v) is 21.5. The van der Waals surface area contributed by atoms with E-state index in [1.165, 1.54) is 73.0 Å². The van der Waals surface area contributed by atoms with Gasteiger partial charge in [0.1, 0.15) is 0 Å². The van der Waals surface area contributed by atoms with E-state index >= 15 is 0 Å². The van der Waals surface area contributed by atoms with Crippen molar-refractivity contribution in [3.05, 3.63) is 247 Å². The molecular weight excluding hydrogens is 767 g/mol. The summed E-state index contributed by atoms with van der Waals surface area (Å²) in [5.74, 6) is 0. The van der Waals surface area contributed by atoms with Crippen LogP contribution in [0.3, 0.4) is 0 Å². The first-order valence-corrected chi connectivity index (χ1v) is 23.9. The van der Waals surface area contributed by atoms with Gasteiger partial charge in [-0.1, -0.05) is 176 Å². The molecule has 0 aliphatic carbocycles. The molecule has 1 aromatic heterocycles. The van der Waals surface area contributed by atoms with Gasteiger partial charge in [0.25, 0.3) is 0 Å². The van der Waals surface area contributed by atoms with Crippen LogP contribution in [-0.2, 0) is 5.41 Å². The molecule has 10 aromatic rings. The van der Waals surface area contributed by atoms with Crippen molar-refractivity contribution in [1.29, 1.82) is 0 Å². The third-order valence-corrected chi connectivity index (χ3v) is 19.8. The Morgan fingerprint density at radius 3 is 1.56 bits per heavy atom. The van der Waals surface area contributed by atoms with Crippen molar-refractivity contribution >= 4 is 89.2 Å². The van der Waals surface area contributed by atoms with Crippen LogP contribution in [0.2, 0.25) is 0 Å². The summed E-state index contributed by atoms with van der Waals surface area (Å²) >= 11 is 3.77. The van der Waals surface area contributed by atoms with Gasteiger partial charge in [0.15, 0.2) is 8.07 Å². The minimum atomic E-state index is -2.93. The molecule has 9 aromatic carbocycles. The van der Waals surface area contributed by atoms with Crippen LogP contribution < -0.4 is 25.6 Å². The summed E-state index contributed by atoms with van der Waals surface area (Å²) in [6.45, 7) is 0. The van der Waals surface area contributed by atoms with Gasteiger partial charge in [-0.05, 0) is 104 Å². The molecule has 0 saturated carbocycles. The lowest BCUT2D eigenvalue weighted by Gasteiger charge is -2.52. The Morgan fingerprint density at radius 1 is 0.356 bits per heavy atom. The Bertz CT molecular complexity index is 3130. The first-order valence-electron chi connectivity index (χ1n) is 20.3. The number of thiophene rings is 1. The molecule has 0 amide bonds. The normalized spacial score (nSPS) is 14.3. The number of fused-ring (bicyclic) bond motifs is 11. The molecule has 1 spiro atoms. The molecule has 2 aliphatic rings. The Hall–Kier alpha value is -6.43. The van der Waals surface area contributed by atoms with E-state index in [9.17, 15) is 0 Å². The summed E-state index contributed by atoms with van der Waals surface area (Å²) in [6.07, 6.45) is 0. The van der Waals surface area contributed by atoms with Crippen LogP contribution in [0.15, 0.2) is 234 Å². The first-order chi connectivity index (χ1) is 29.3. The van der Waals surface area contributed by atoms with E-state index in [-0.39, 0.29) is 0 Å². The number of anilines is 3. The highest BCUT2D eigenvalue weighted by Crippen LogP contribution is 2.57. The van der Waals surface area contributed by atoms with E-state index in [0.29, 0.717) is 0 Å². The Balaban J connectivity index is 1.24. The molecule has 278 valence electrons. The number of hydrogen-bond donors (Lipinski definition) is 0. The number of rotatable bonds is 5. The van der Waals surface area contributed by atoms with Crippen LogP contribution in [0, 0.1) is 0 Å². The van der Waals surface area contributed by atoms with Crippen LogP contribution in [0.4, 0.5) is 17.1 Å². The molecule has 0 atom stereocenters. The maximum absolute atomic E-state index is 2.93. The molecule has 2 aliphatic heterocycles. The fourth-order valence-corrected chi connectivity index (χ4v) is 17.9. The summed E-state index contributed by atoms with van der Waals surface area (Å²) < 4.78 is 2.62. The quantitative estimate of drug-likeness (QED) is 0.159. The second-order valence-electron chi connectivity index (χ2n) is 15.6. The van der Waals surface area contributed by atoms with Gasteiger partial charge in [0, 0.05) is 47.0 Å². The van der Waals surface area contributed by atoms with Gasteiger partial charge in [-0.25, -0.2) is 0 Å². The van der Waals surface area contributed by atoms with Gasteiger partial charge in [-0.2, -0.15) is 0 Å². The van der Waals surface area contributed by atoms with Crippen LogP contribution in [0.5, 0.6) is 0 Å². The molecule has 0 saturated heterocycles. The van der Waals surface area contributed by atoms with Crippen molar-refractivity contribution < 1.29 is 0 Å². The first kappa shape index (κ1) is 34.6. The van der Waals surface area contributed by atoms with E-state index < -0.39 is 13.5 Å². The lowest BCUT2D eigenvalue weighted by Crippen LogP contribution is -2.79. The highest BCUT2D eigenvalue weighted by atomic mass is 32.2.